The van der Waals surface area contributed by atoms with E-state index in [9.17, 15) is 9.59 Å². The van der Waals surface area contributed by atoms with Crippen molar-refractivity contribution in [3.63, 3.8) is 0 Å². The molecule has 7 heteroatoms. The monoisotopic (exact) mass is 407 g/mol. The molecule has 1 aromatic heterocycles. The number of aryl methyl sites for hydroxylation is 1. The second kappa shape index (κ2) is 8.98. The van der Waals surface area contributed by atoms with Gasteiger partial charge in [-0.05, 0) is 30.2 Å². The fraction of sp³-hybridized carbons (Fsp3) is 0.348. The first kappa shape index (κ1) is 19.9. The quantitative estimate of drug-likeness (QED) is 0.608. The van der Waals surface area contributed by atoms with Crippen molar-refractivity contribution in [1.82, 2.24) is 15.1 Å². The summed E-state index contributed by atoms with van der Waals surface area (Å²) in [7, 11) is 0. The first-order valence-corrected chi connectivity index (χ1v) is 10.3. The van der Waals surface area contributed by atoms with Crippen LogP contribution in [-0.4, -0.2) is 28.9 Å². The summed E-state index contributed by atoms with van der Waals surface area (Å²) in [5.74, 6) is 1.08. The van der Waals surface area contributed by atoms with E-state index in [1.165, 1.54) is 4.68 Å². The molecule has 3 aromatic rings. The molecule has 0 aliphatic carbocycles. The number of fused-ring (bicyclic) bond motifs is 2. The number of hydrogen-bond acceptors (Lipinski definition) is 5. The minimum Gasteiger partial charge on any atom is -0.486 e. The number of nitrogens with zero attached hydrogens (tertiary/aromatic N) is 2. The van der Waals surface area contributed by atoms with Gasteiger partial charge in [-0.25, -0.2) is 4.68 Å². The lowest BCUT2D eigenvalue weighted by atomic mass is 10.1. The second-order valence-corrected chi connectivity index (χ2v) is 7.29. The Balaban J connectivity index is 1.57. The van der Waals surface area contributed by atoms with Crippen LogP contribution in [0.3, 0.4) is 0 Å². The third kappa shape index (κ3) is 4.15. The zero-order valence-electron chi connectivity index (χ0n) is 17.0. The SMILES string of the molecule is CCCCCn1nc(C(=O)NCc2ccc3c(c2)OCCO3)c2ccccc2c1=O. The summed E-state index contributed by atoms with van der Waals surface area (Å²) in [6.07, 6.45) is 2.90. The predicted octanol–water partition coefficient (Wildman–Crippen LogP) is 3.29. The fourth-order valence-corrected chi connectivity index (χ4v) is 3.53. The number of hydrogen-bond donors (Lipinski definition) is 1. The molecule has 2 heterocycles. The van der Waals surface area contributed by atoms with Crippen LogP contribution in [0.2, 0.25) is 0 Å². The summed E-state index contributed by atoms with van der Waals surface area (Å²) in [5, 5.41) is 8.39. The molecule has 0 bridgehead atoms. The molecule has 1 aliphatic rings. The molecule has 0 fully saturated rings. The maximum atomic E-state index is 13.0. The van der Waals surface area contributed by atoms with E-state index in [0.717, 1.165) is 24.8 Å². The Hall–Kier alpha value is -3.35. The largest absolute Gasteiger partial charge is 0.486 e. The van der Waals surface area contributed by atoms with Crippen LogP contribution in [0.1, 0.15) is 42.2 Å². The minimum atomic E-state index is -0.315. The summed E-state index contributed by atoms with van der Waals surface area (Å²) in [6.45, 7) is 3.97. The zero-order valence-corrected chi connectivity index (χ0v) is 17.0. The standard InChI is InChI=1S/C23H25N3O4/c1-2-3-6-11-26-23(28)18-8-5-4-7-17(18)21(25-26)22(27)24-15-16-9-10-19-20(14-16)30-13-12-29-19/h4-5,7-10,14H,2-3,6,11-13,15H2,1H3,(H,24,27). The summed E-state index contributed by atoms with van der Waals surface area (Å²) in [6, 6.07) is 12.7. The number of carbonyl (C=O) groups is 1. The van der Waals surface area contributed by atoms with Crippen molar-refractivity contribution >= 4 is 16.7 Å². The molecular formula is C23H25N3O4. The molecule has 4 rings (SSSR count). The van der Waals surface area contributed by atoms with Crippen LogP contribution in [0.25, 0.3) is 10.8 Å². The Morgan fingerprint density at radius 2 is 1.83 bits per heavy atom. The van der Waals surface area contributed by atoms with Gasteiger partial charge in [-0.3, -0.25) is 9.59 Å². The summed E-state index contributed by atoms with van der Waals surface area (Å²) >= 11 is 0. The maximum Gasteiger partial charge on any atom is 0.274 e. The highest BCUT2D eigenvalue weighted by Crippen LogP contribution is 2.30. The van der Waals surface area contributed by atoms with Crippen LogP contribution < -0.4 is 20.3 Å². The Labute approximate surface area is 174 Å². The van der Waals surface area contributed by atoms with Gasteiger partial charge >= 0.3 is 0 Å². The molecule has 30 heavy (non-hydrogen) atoms. The van der Waals surface area contributed by atoms with E-state index in [4.69, 9.17) is 9.47 Å². The van der Waals surface area contributed by atoms with E-state index in [1.807, 2.05) is 24.3 Å². The van der Waals surface area contributed by atoms with Gasteiger partial charge in [0.05, 0.1) is 5.39 Å². The Morgan fingerprint density at radius 1 is 1.07 bits per heavy atom. The molecule has 156 valence electrons. The number of aromatic nitrogens is 2. The van der Waals surface area contributed by atoms with E-state index in [2.05, 4.69) is 17.3 Å². The summed E-state index contributed by atoms with van der Waals surface area (Å²) in [4.78, 5) is 25.7. The van der Waals surface area contributed by atoms with E-state index in [0.29, 0.717) is 48.6 Å². The molecule has 2 aromatic carbocycles. The van der Waals surface area contributed by atoms with Crippen molar-refractivity contribution in [2.45, 2.75) is 39.3 Å². The van der Waals surface area contributed by atoms with Gasteiger partial charge in [0.1, 0.15) is 13.2 Å². The van der Waals surface area contributed by atoms with Crippen LogP contribution in [0.4, 0.5) is 0 Å². The van der Waals surface area contributed by atoms with Gasteiger partial charge in [-0.2, -0.15) is 5.10 Å². The fourth-order valence-electron chi connectivity index (χ4n) is 3.53. The van der Waals surface area contributed by atoms with Crippen molar-refractivity contribution in [2.24, 2.45) is 0 Å². The highest BCUT2D eigenvalue weighted by Gasteiger charge is 2.17. The molecule has 0 spiro atoms. The average Bonchev–Trinajstić information content (AvgIpc) is 2.79. The van der Waals surface area contributed by atoms with Gasteiger partial charge in [0.25, 0.3) is 11.5 Å². The van der Waals surface area contributed by atoms with Gasteiger partial charge in [0.2, 0.25) is 0 Å². The Bertz CT molecular complexity index is 1120. The first-order chi connectivity index (χ1) is 14.7. The molecule has 1 aliphatic heterocycles. The molecule has 1 N–H and O–H groups in total. The normalized spacial score (nSPS) is 12.7. The van der Waals surface area contributed by atoms with Crippen LogP contribution in [-0.2, 0) is 13.1 Å². The number of rotatable bonds is 7. The number of ether oxygens (including phenoxy) is 2. The van der Waals surface area contributed by atoms with E-state index in [-0.39, 0.29) is 17.2 Å². The van der Waals surface area contributed by atoms with Crippen LogP contribution >= 0.6 is 0 Å². The van der Waals surface area contributed by atoms with E-state index >= 15 is 0 Å². The maximum absolute atomic E-state index is 13.0. The number of benzene rings is 2. The molecule has 0 saturated heterocycles. The van der Waals surface area contributed by atoms with Crippen molar-refractivity contribution in [3.8, 4) is 11.5 Å². The highest BCUT2D eigenvalue weighted by molar-refractivity contribution is 6.04. The Kier molecular flexibility index (Phi) is 5.97. The number of unbranched alkanes of at least 4 members (excludes halogenated alkanes) is 2. The van der Waals surface area contributed by atoms with Gasteiger partial charge in [0.15, 0.2) is 17.2 Å². The molecule has 0 saturated carbocycles. The molecule has 0 radical (unpaired) electrons. The van der Waals surface area contributed by atoms with Gasteiger partial charge < -0.3 is 14.8 Å². The third-order valence-electron chi connectivity index (χ3n) is 5.12. The minimum absolute atomic E-state index is 0.162. The molecule has 0 unspecified atom stereocenters. The van der Waals surface area contributed by atoms with Crippen LogP contribution in [0.15, 0.2) is 47.3 Å². The van der Waals surface area contributed by atoms with E-state index in [1.54, 1.807) is 18.2 Å². The first-order valence-electron chi connectivity index (χ1n) is 10.3. The smallest absolute Gasteiger partial charge is 0.274 e. The lowest BCUT2D eigenvalue weighted by Gasteiger charge is -2.19. The van der Waals surface area contributed by atoms with Crippen LogP contribution in [0.5, 0.6) is 11.5 Å². The lowest BCUT2D eigenvalue weighted by Crippen LogP contribution is -2.30. The molecule has 7 nitrogen and oxygen atoms in total. The van der Waals surface area contributed by atoms with Gasteiger partial charge in [-0.1, -0.05) is 44.0 Å². The highest BCUT2D eigenvalue weighted by atomic mass is 16.6. The topological polar surface area (TPSA) is 82.5 Å². The molecular weight excluding hydrogens is 382 g/mol. The zero-order chi connectivity index (χ0) is 20.9. The van der Waals surface area contributed by atoms with E-state index < -0.39 is 0 Å². The van der Waals surface area contributed by atoms with Crippen molar-refractivity contribution in [3.05, 3.63) is 64.1 Å². The second-order valence-electron chi connectivity index (χ2n) is 7.29. The number of carbonyl (C=O) groups excluding carboxylic acids is 1. The van der Waals surface area contributed by atoms with Gasteiger partial charge in [-0.15, -0.1) is 0 Å². The average molecular weight is 407 g/mol. The van der Waals surface area contributed by atoms with Crippen molar-refractivity contribution in [1.29, 1.82) is 0 Å². The molecule has 0 atom stereocenters. The third-order valence-corrected chi connectivity index (χ3v) is 5.12. The Morgan fingerprint density at radius 3 is 2.63 bits per heavy atom. The van der Waals surface area contributed by atoms with Crippen molar-refractivity contribution < 1.29 is 14.3 Å². The summed E-state index contributed by atoms with van der Waals surface area (Å²) in [5.41, 5.74) is 0.998. The summed E-state index contributed by atoms with van der Waals surface area (Å²) < 4.78 is 12.5. The lowest BCUT2D eigenvalue weighted by molar-refractivity contribution is 0.0945. The predicted molar refractivity (Wildman–Crippen MR) is 114 cm³/mol. The van der Waals surface area contributed by atoms with Crippen LogP contribution in [0, 0.1) is 0 Å². The van der Waals surface area contributed by atoms with Crippen molar-refractivity contribution in [2.75, 3.05) is 13.2 Å². The number of nitrogens with one attached hydrogen (secondary N) is 1. The molecule has 1 amide bonds. The number of amides is 1. The van der Waals surface area contributed by atoms with Gasteiger partial charge in [0, 0.05) is 18.5 Å².